The summed E-state index contributed by atoms with van der Waals surface area (Å²) in [5.41, 5.74) is -0.451. The largest absolute Gasteiger partial charge is 0.467 e. The van der Waals surface area contributed by atoms with Crippen molar-refractivity contribution in [1.82, 2.24) is 0 Å². The van der Waals surface area contributed by atoms with Crippen LogP contribution in [0.2, 0.25) is 0 Å². The van der Waals surface area contributed by atoms with Gasteiger partial charge in [-0.05, 0) is 66.9 Å². The quantitative estimate of drug-likeness (QED) is 0.712. The highest BCUT2D eigenvalue weighted by atomic mass is 16.7. The van der Waals surface area contributed by atoms with Crippen LogP contribution < -0.4 is 0 Å². The zero-order valence-electron chi connectivity index (χ0n) is 18.7. The van der Waals surface area contributed by atoms with E-state index in [0.717, 1.165) is 12.8 Å². The fourth-order valence-corrected chi connectivity index (χ4v) is 4.37. The lowest BCUT2D eigenvalue weighted by molar-refractivity contribution is 0.00578. The van der Waals surface area contributed by atoms with Crippen molar-refractivity contribution in [1.29, 1.82) is 0 Å². The summed E-state index contributed by atoms with van der Waals surface area (Å²) in [4.78, 5) is 0. The Morgan fingerprint density at radius 1 is 0.679 bits per heavy atom. The summed E-state index contributed by atoms with van der Waals surface area (Å²) >= 11 is 0. The van der Waals surface area contributed by atoms with E-state index in [9.17, 15) is 0 Å². The molecule has 1 aliphatic carbocycles. The first kappa shape index (κ1) is 20.5. The van der Waals surface area contributed by atoms with Crippen LogP contribution in [0, 0.1) is 5.92 Å². The van der Waals surface area contributed by atoms with Gasteiger partial charge < -0.3 is 18.6 Å². The SMILES string of the molecule is CC1(C)OB(C(B2OC(C)(C)C(C)(C)O2)(c2ccccc2)C2CC2)OC1(C)C. The fourth-order valence-electron chi connectivity index (χ4n) is 4.37. The van der Waals surface area contributed by atoms with Gasteiger partial charge in [0.1, 0.15) is 0 Å². The molecule has 0 bridgehead atoms. The van der Waals surface area contributed by atoms with Gasteiger partial charge in [-0.3, -0.25) is 0 Å². The van der Waals surface area contributed by atoms with Gasteiger partial charge in [0.2, 0.25) is 0 Å². The first-order valence-corrected chi connectivity index (χ1v) is 10.6. The van der Waals surface area contributed by atoms with Crippen LogP contribution in [0.3, 0.4) is 0 Å². The topological polar surface area (TPSA) is 36.9 Å². The Bertz CT molecular complexity index is 672. The summed E-state index contributed by atoms with van der Waals surface area (Å²) in [6, 6.07) is 10.6. The Morgan fingerprint density at radius 2 is 1.04 bits per heavy atom. The molecule has 152 valence electrons. The van der Waals surface area contributed by atoms with Crippen molar-refractivity contribution in [2.24, 2.45) is 5.92 Å². The molecule has 6 heteroatoms. The molecule has 2 heterocycles. The van der Waals surface area contributed by atoms with E-state index < -0.39 is 41.9 Å². The Balaban J connectivity index is 1.86. The molecule has 3 fully saturated rings. The highest BCUT2D eigenvalue weighted by Crippen LogP contribution is 2.57. The first-order chi connectivity index (χ1) is 12.8. The predicted octanol–water partition coefficient (Wildman–Crippen LogP) is 4.60. The predicted molar refractivity (Wildman–Crippen MR) is 113 cm³/mol. The molecule has 0 unspecified atom stereocenters. The zero-order chi connectivity index (χ0) is 20.6. The lowest BCUT2D eigenvalue weighted by Crippen LogP contribution is -2.59. The van der Waals surface area contributed by atoms with Gasteiger partial charge in [0, 0.05) is 0 Å². The summed E-state index contributed by atoms with van der Waals surface area (Å²) in [5.74, 6) is 0.402. The molecule has 1 saturated carbocycles. The van der Waals surface area contributed by atoms with Crippen molar-refractivity contribution >= 4 is 14.2 Å². The van der Waals surface area contributed by atoms with E-state index in [0.29, 0.717) is 5.92 Å². The van der Waals surface area contributed by atoms with Gasteiger partial charge >= 0.3 is 14.2 Å². The summed E-state index contributed by atoms with van der Waals surface area (Å²) < 4.78 is 26.6. The van der Waals surface area contributed by atoms with Gasteiger partial charge in [0.05, 0.1) is 27.6 Å². The Morgan fingerprint density at radius 3 is 1.36 bits per heavy atom. The van der Waals surface area contributed by atoms with E-state index in [-0.39, 0.29) is 0 Å². The number of benzene rings is 1. The standard InChI is InChI=1S/C22H34B2O4/c1-18(2)19(3,4)26-23(25-18)22(17-14-15-17,16-12-10-9-11-13-16)24-27-20(5,6)21(7,8)28-24/h9-13,17H,14-15H2,1-8H3. The van der Waals surface area contributed by atoms with E-state index in [4.69, 9.17) is 18.6 Å². The van der Waals surface area contributed by atoms with Crippen LogP contribution in [0.5, 0.6) is 0 Å². The molecule has 0 N–H and O–H groups in total. The number of rotatable bonds is 4. The molecule has 3 aliphatic rings. The van der Waals surface area contributed by atoms with E-state index in [1.807, 2.05) is 0 Å². The molecule has 2 saturated heterocycles. The Hall–Kier alpha value is -0.810. The van der Waals surface area contributed by atoms with Crippen LogP contribution in [0.4, 0.5) is 0 Å². The fraction of sp³-hybridized carbons (Fsp3) is 0.727. The normalized spacial score (nSPS) is 28.0. The van der Waals surface area contributed by atoms with Crippen molar-refractivity contribution in [2.45, 2.75) is 95.8 Å². The maximum atomic E-state index is 6.65. The molecular weight excluding hydrogens is 350 g/mol. The molecular formula is C22H34B2O4. The van der Waals surface area contributed by atoms with Crippen molar-refractivity contribution in [3.8, 4) is 0 Å². The lowest BCUT2D eigenvalue weighted by atomic mass is 9.34. The van der Waals surface area contributed by atoms with Gasteiger partial charge in [-0.25, -0.2) is 0 Å². The van der Waals surface area contributed by atoms with Crippen LogP contribution in [0.1, 0.15) is 73.8 Å². The highest BCUT2D eigenvalue weighted by molar-refractivity contribution is 6.71. The van der Waals surface area contributed by atoms with E-state index in [1.165, 1.54) is 5.56 Å². The monoisotopic (exact) mass is 384 g/mol. The summed E-state index contributed by atoms with van der Waals surface area (Å²) in [6.45, 7) is 16.9. The minimum Gasteiger partial charge on any atom is -0.403 e. The summed E-state index contributed by atoms with van der Waals surface area (Å²) in [6.07, 6.45) is 2.26. The van der Waals surface area contributed by atoms with Crippen molar-refractivity contribution in [3.05, 3.63) is 35.9 Å². The Labute approximate surface area is 170 Å². The van der Waals surface area contributed by atoms with Crippen LogP contribution in [0.25, 0.3) is 0 Å². The molecule has 4 nitrogen and oxygen atoms in total. The maximum Gasteiger partial charge on any atom is 0.467 e. The molecule has 0 radical (unpaired) electrons. The molecule has 28 heavy (non-hydrogen) atoms. The second-order valence-electron chi connectivity index (χ2n) is 10.7. The molecule has 0 aromatic heterocycles. The Kier molecular flexibility index (Phi) is 4.46. The second kappa shape index (κ2) is 6.10. The molecule has 1 aromatic carbocycles. The van der Waals surface area contributed by atoms with Gasteiger partial charge in [0.25, 0.3) is 0 Å². The second-order valence-corrected chi connectivity index (χ2v) is 10.7. The average molecular weight is 384 g/mol. The zero-order valence-corrected chi connectivity index (χ0v) is 18.7. The van der Waals surface area contributed by atoms with Crippen LogP contribution >= 0.6 is 0 Å². The minimum atomic E-state index is -0.503. The smallest absolute Gasteiger partial charge is 0.403 e. The highest BCUT2D eigenvalue weighted by Gasteiger charge is 2.73. The van der Waals surface area contributed by atoms with Crippen molar-refractivity contribution in [3.63, 3.8) is 0 Å². The van der Waals surface area contributed by atoms with Gasteiger partial charge in [0.15, 0.2) is 0 Å². The average Bonchev–Trinajstić information content (AvgIpc) is 3.32. The van der Waals surface area contributed by atoms with Gasteiger partial charge in [-0.1, -0.05) is 43.2 Å². The molecule has 0 amide bonds. The maximum absolute atomic E-state index is 6.65. The van der Waals surface area contributed by atoms with Crippen LogP contribution in [-0.4, -0.2) is 36.6 Å². The van der Waals surface area contributed by atoms with Gasteiger partial charge in [-0.15, -0.1) is 0 Å². The van der Waals surface area contributed by atoms with Gasteiger partial charge in [-0.2, -0.15) is 0 Å². The van der Waals surface area contributed by atoms with E-state index in [2.05, 4.69) is 85.7 Å². The van der Waals surface area contributed by atoms with E-state index >= 15 is 0 Å². The molecule has 0 atom stereocenters. The summed E-state index contributed by atoms with van der Waals surface area (Å²) in [7, 11) is -0.857. The van der Waals surface area contributed by atoms with Crippen LogP contribution in [0.15, 0.2) is 30.3 Å². The van der Waals surface area contributed by atoms with Crippen molar-refractivity contribution < 1.29 is 18.6 Å². The molecule has 0 spiro atoms. The van der Waals surface area contributed by atoms with Crippen LogP contribution in [-0.2, 0) is 23.8 Å². The third kappa shape index (κ3) is 2.83. The molecule has 2 aliphatic heterocycles. The van der Waals surface area contributed by atoms with E-state index in [1.54, 1.807) is 0 Å². The first-order valence-electron chi connectivity index (χ1n) is 10.6. The third-order valence-corrected chi connectivity index (χ3v) is 7.81. The minimum absolute atomic E-state index is 0.402. The summed E-state index contributed by atoms with van der Waals surface area (Å²) in [5, 5.41) is -0.503. The molecule has 4 rings (SSSR count). The number of hydrogen-bond donors (Lipinski definition) is 0. The molecule has 1 aromatic rings. The number of hydrogen-bond acceptors (Lipinski definition) is 4. The third-order valence-electron chi connectivity index (χ3n) is 7.81. The van der Waals surface area contributed by atoms with Crippen molar-refractivity contribution in [2.75, 3.05) is 0 Å². The lowest BCUT2D eigenvalue weighted by Gasteiger charge is -2.38.